The van der Waals surface area contributed by atoms with Gasteiger partial charge in [-0.15, -0.1) is 0 Å². The highest BCUT2D eigenvalue weighted by atomic mass is 16.5. The van der Waals surface area contributed by atoms with Crippen molar-refractivity contribution in [2.75, 3.05) is 25.5 Å². The van der Waals surface area contributed by atoms with Gasteiger partial charge in [0.05, 0.1) is 0 Å². The fourth-order valence-electron chi connectivity index (χ4n) is 3.25. The first-order valence-electron chi connectivity index (χ1n) is 7.43. The van der Waals surface area contributed by atoms with Gasteiger partial charge in [0.2, 0.25) is 0 Å². The van der Waals surface area contributed by atoms with E-state index in [-0.39, 0.29) is 5.91 Å². The number of aryl methyl sites for hydroxylation is 2. The van der Waals surface area contributed by atoms with Crippen LogP contribution >= 0.6 is 0 Å². The van der Waals surface area contributed by atoms with Crippen LogP contribution in [0.4, 0.5) is 5.69 Å². The lowest BCUT2D eigenvalue weighted by atomic mass is 9.91. The molecule has 1 saturated heterocycles. The average Bonchev–Trinajstić information content (AvgIpc) is 2.95. The SMILES string of the molecule is COC1(C(=O)Nc2ccc3c(c2)CCC3)CCNCC1. The monoisotopic (exact) mass is 274 g/mol. The molecule has 0 spiro atoms. The van der Waals surface area contributed by atoms with Crippen molar-refractivity contribution in [3.8, 4) is 0 Å². The molecular formula is C16H22N2O2. The standard InChI is InChI=1S/C16H22N2O2/c1-20-16(7-9-17-10-8-16)15(19)18-14-6-5-12-3-2-4-13(12)11-14/h5-6,11,17H,2-4,7-10H2,1H3,(H,18,19). The highest BCUT2D eigenvalue weighted by Crippen LogP contribution is 2.27. The molecule has 4 nitrogen and oxygen atoms in total. The van der Waals surface area contributed by atoms with Crippen LogP contribution in [0.1, 0.15) is 30.4 Å². The van der Waals surface area contributed by atoms with Gasteiger partial charge < -0.3 is 15.4 Å². The quantitative estimate of drug-likeness (QED) is 0.885. The number of ether oxygens (including phenoxy) is 1. The number of fused-ring (bicyclic) bond motifs is 1. The number of benzene rings is 1. The van der Waals surface area contributed by atoms with Gasteiger partial charge in [0.25, 0.3) is 5.91 Å². The minimum atomic E-state index is -0.676. The number of anilines is 1. The molecule has 2 N–H and O–H groups in total. The van der Waals surface area contributed by atoms with E-state index in [0.717, 1.165) is 44.5 Å². The van der Waals surface area contributed by atoms with Gasteiger partial charge in [-0.25, -0.2) is 0 Å². The second-order valence-electron chi connectivity index (χ2n) is 5.74. The summed E-state index contributed by atoms with van der Waals surface area (Å²) in [7, 11) is 1.63. The van der Waals surface area contributed by atoms with Gasteiger partial charge in [-0.3, -0.25) is 4.79 Å². The highest BCUT2D eigenvalue weighted by molar-refractivity contribution is 5.97. The summed E-state index contributed by atoms with van der Waals surface area (Å²) in [6, 6.07) is 6.26. The van der Waals surface area contributed by atoms with E-state index >= 15 is 0 Å². The molecule has 1 aromatic rings. The van der Waals surface area contributed by atoms with Crippen molar-refractivity contribution in [1.29, 1.82) is 0 Å². The number of nitrogens with one attached hydrogen (secondary N) is 2. The molecule has 0 bridgehead atoms. The second kappa shape index (κ2) is 5.54. The Hall–Kier alpha value is -1.39. The van der Waals surface area contributed by atoms with Crippen LogP contribution in [0.15, 0.2) is 18.2 Å². The number of methoxy groups -OCH3 is 1. The topological polar surface area (TPSA) is 50.4 Å². The van der Waals surface area contributed by atoms with Crippen molar-refractivity contribution in [1.82, 2.24) is 5.32 Å². The van der Waals surface area contributed by atoms with Crippen molar-refractivity contribution in [3.05, 3.63) is 29.3 Å². The van der Waals surface area contributed by atoms with Crippen LogP contribution < -0.4 is 10.6 Å². The lowest BCUT2D eigenvalue weighted by Gasteiger charge is -2.34. The summed E-state index contributed by atoms with van der Waals surface area (Å²) in [5, 5.41) is 6.31. The minimum Gasteiger partial charge on any atom is -0.368 e. The van der Waals surface area contributed by atoms with Crippen molar-refractivity contribution >= 4 is 11.6 Å². The van der Waals surface area contributed by atoms with Crippen LogP contribution in [0.3, 0.4) is 0 Å². The molecule has 1 amide bonds. The summed E-state index contributed by atoms with van der Waals surface area (Å²) < 4.78 is 5.55. The molecule has 108 valence electrons. The number of rotatable bonds is 3. The fraction of sp³-hybridized carbons (Fsp3) is 0.562. The zero-order valence-electron chi connectivity index (χ0n) is 12.0. The molecule has 0 unspecified atom stereocenters. The third kappa shape index (κ3) is 2.45. The van der Waals surface area contributed by atoms with Crippen molar-refractivity contribution in [3.63, 3.8) is 0 Å². The Morgan fingerprint density at radius 2 is 2.00 bits per heavy atom. The second-order valence-corrected chi connectivity index (χ2v) is 5.74. The summed E-state index contributed by atoms with van der Waals surface area (Å²) in [4.78, 5) is 12.6. The predicted octanol–water partition coefficient (Wildman–Crippen LogP) is 1.88. The Bertz CT molecular complexity index is 507. The van der Waals surface area contributed by atoms with Crippen LogP contribution in [-0.4, -0.2) is 31.7 Å². The van der Waals surface area contributed by atoms with Gasteiger partial charge in [-0.05, 0) is 68.5 Å². The molecule has 0 radical (unpaired) electrons. The molecule has 0 saturated carbocycles. The van der Waals surface area contributed by atoms with E-state index in [0.29, 0.717) is 0 Å². The van der Waals surface area contributed by atoms with Gasteiger partial charge in [0.1, 0.15) is 5.60 Å². The van der Waals surface area contributed by atoms with E-state index < -0.39 is 5.60 Å². The zero-order valence-corrected chi connectivity index (χ0v) is 12.0. The predicted molar refractivity (Wildman–Crippen MR) is 78.9 cm³/mol. The van der Waals surface area contributed by atoms with Crippen LogP contribution in [0, 0.1) is 0 Å². The summed E-state index contributed by atoms with van der Waals surface area (Å²) in [5.41, 5.74) is 3.01. The van der Waals surface area contributed by atoms with Crippen molar-refractivity contribution in [2.24, 2.45) is 0 Å². The maximum atomic E-state index is 12.6. The lowest BCUT2D eigenvalue weighted by Crippen LogP contribution is -2.51. The Morgan fingerprint density at radius 3 is 2.75 bits per heavy atom. The first kappa shape index (κ1) is 13.6. The van der Waals surface area contributed by atoms with Crippen molar-refractivity contribution < 1.29 is 9.53 Å². The van der Waals surface area contributed by atoms with Gasteiger partial charge >= 0.3 is 0 Å². The number of carbonyl (C=O) groups excluding carboxylic acids is 1. The summed E-state index contributed by atoms with van der Waals surface area (Å²) in [5.74, 6) is -0.0144. The molecule has 1 aromatic carbocycles. The molecule has 1 aliphatic heterocycles. The largest absolute Gasteiger partial charge is 0.368 e. The normalized spacial score (nSPS) is 20.4. The summed E-state index contributed by atoms with van der Waals surface area (Å²) in [6.45, 7) is 1.65. The zero-order chi connectivity index (χ0) is 14.0. The molecule has 4 heteroatoms. The van der Waals surface area contributed by atoms with E-state index in [1.165, 1.54) is 17.5 Å². The molecule has 1 fully saturated rings. The molecule has 20 heavy (non-hydrogen) atoms. The molecule has 1 heterocycles. The van der Waals surface area contributed by atoms with Crippen LogP contribution in [-0.2, 0) is 22.4 Å². The Labute approximate surface area is 119 Å². The molecule has 3 rings (SSSR count). The number of piperidine rings is 1. The lowest BCUT2D eigenvalue weighted by molar-refractivity contribution is -0.140. The van der Waals surface area contributed by atoms with Crippen molar-refractivity contribution in [2.45, 2.75) is 37.7 Å². The van der Waals surface area contributed by atoms with Gasteiger partial charge in [-0.2, -0.15) is 0 Å². The number of carbonyl (C=O) groups is 1. The van der Waals surface area contributed by atoms with Crippen LogP contribution in [0.25, 0.3) is 0 Å². The first-order chi connectivity index (χ1) is 9.73. The Kier molecular flexibility index (Phi) is 3.76. The van der Waals surface area contributed by atoms with E-state index in [2.05, 4.69) is 22.8 Å². The molecule has 0 aromatic heterocycles. The maximum absolute atomic E-state index is 12.6. The molecule has 1 aliphatic carbocycles. The van der Waals surface area contributed by atoms with Gasteiger partial charge in [0.15, 0.2) is 0 Å². The molecular weight excluding hydrogens is 252 g/mol. The maximum Gasteiger partial charge on any atom is 0.256 e. The molecule has 2 aliphatic rings. The van der Waals surface area contributed by atoms with E-state index in [1.54, 1.807) is 7.11 Å². The summed E-state index contributed by atoms with van der Waals surface area (Å²) >= 11 is 0. The highest BCUT2D eigenvalue weighted by Gasteiger charge is 2.39. The van der Waals surface area contributed by atoms with Gasteiger partial charge in [-0.1, -0.05) is 6.07 Å². The number of amides is 1. The number of hydrogen-bond donors (Lipinski definition) is 2. The minimum absolute atomic E-state index is 0.0144. The van der Waals surface area contributed by atoms with E-state index in [1.807, 2.05) is 6.07 Å². The third-order valence-corrected chi connectivity index (χ3v) is 4.57. The van der Waals surface area contributed by atoms with Crippen LogP contribution in [0.2, 0.25) is 0 Å². The van der Waals surface area contributed by atoms with E-state index in [9.17, 15) is 4.79 Å². The Morgan fingerprint density at radius 1 is 1.25 bits per heavy atom. The number of hydrogen-bond acceptors (Lipinski definition) is 3. The van der Waals surface area contributed by atoms with Crippen LogP contribution in [0.5, 0.6) is 0 Å². The smallest absolute Gasteiger partial charge is 0.256 e. The van der Waals surface area contributed by atoms with E-state index in [4.69, 9.17) is 4.74 Å². The first-order valence-corrected chi connectivity index (χ1v) is 7.43. The third-order valence-electron chi connectivity index (χ3n) is 4.57. The Balaban J connectivity index is 1.74. The van der Waals surface area contributed by atoms with Gasteiger partial charge in [0, 0.05) is 12.8 Å². The fourth-order valence-corrected chi connectivity index (χ4v) is 3.25. The molecule has 0 atom stereocenters. The summed E-state index contributed by atoms with van der Waals surface area (Å²) in [6.07, 6.45) is 4.95. The average molecular weight is 274 g/mol.